The predicted molar refractivity (Wildman–Crippen MR) is 262 cm³/mol. The molecule has 1 amide bonds. The van der Waals surface area contributed by atoms with Crippen LogP contribution in [0.2, 0.25) is 0 Å². The molecule has 3 aromatic heterocycles. The lowest BCUT2D eigenvalue weighted by atomic mass is 9.59. The third-order valence-corrected chi connectivity index (χ3v) is 16.9. The fourth-order valence-electron chi connectivity index (χ4n) is 11.1. The predicted octanol–water partition coefficient (Wildman–Crippen LogP) is 7.75. The molecule has 17 nitrogen and oxygen atoms in total. The molecule has 5 fully saturated rings. The van der Waals surface area contributed by atoms with Gasteiger partial charge in [0.25, 0.3) is 15.9 Å². The number of carbonyl (C=O) groups excluding carboxylic acids is 1. The standard InChI is InChI=1S/C49H60N10O7S2/c1-67(2,63)55-35-11-7-32(8-12-35)28-52-47-43(59(61)62)25-39(30-54-47)68(64,65)56-48(60)42-14-13-36(24-45(42)66-38-23-34-15-18-51-46(34)53-29-38)57-20-16-49(17-21-57)26-37(27-49)58-22-19-50-31-44(58)41-6-4-3-5-40(41)33-9-10-33/h3-6,13-15,18,23-25,29-30,32-33,35,37,44,50H,7-12,16-17,19-22,26-28,31H2,1-2H3,(H,51,53)(H,52,54)(H,56,60)/t32?,35?,44-/m0/s1. The molecule has 0 bridgehead atoms. The van der Waals surface area contributed by atoms with Crippen LogP contribution in [0, 0.1) is 21.4 Å². The topological polar surface area (TPSA) is 217 Å². The minimum Gasteiger partial charge on any atom is -0.455 e. The minimum atomic E-state index is -4.64. The summed E-state index contributed by atoms with van der Waals surface area (Å²) in [5.74, 6) is 0.332. The molecular weight excluding hydrogens is 905 g/mol. The van der Waals surface area contributed by atoms with Crippen molar-refractivity contribution in [2.24, 2.45) is 15.7 Å². The summed E-state index contributed by atoms with van der Waals surface area (Å²) in [7, 11) is -6.85. The Labute approximate surface area is 397 Å². The van der Waals surface area contributed by atoms with E-state index in [1.54, 1.807) is 36.9 Å². The van der Waals surface area contributed by atoms with Gasteiger partial charge in [0.05, 0.1) is 28.9 Å². The molecule has 2 aromatic carbocycles. The summed E-state index contributed by atoms with van der Waals surface area (Å²) in [5.41, 5.74) is 4.24. The van der Waals surface area contributed by atoms with Crippen LogP contribution in [0.5, 0.6) is 11.5 Å². The maximum Gasteiger partial charge on any atom is 0.312 e. The van der Waals surface area contributed by atoms with E-state index in [9.17, 15) is 27.5 Å². The number of pyridine rings is 2. The van der Waals surface area contributed by atoms with Gasteiger partial charge in [-0.3, -0.25) is 24.0 Å². The summed E-state index contributed by atoms with van der Waals surface area (Å²) >= 11 is 0. The van der Waals surface area contributed by atoms with E-state index in [-0.39, 0.29) is 34.5 Å². The van der Waals surface area contributed by atoms with E-state index in [0.717, 1.165) is 94.6 Å². The molecule has 0 radical (unpaired) electrons. The van der Waals surface area contributed by atoms with Crippen LogP contribution >= 0.6 is 0 Å². The molecule has 0 unspecified atom stereocenters. The largest absolute Gasteiger partial charge is 0.455 e. The van der Waals surface area contributed by atoms with Gasteiger partial charge in [-0.1, -0.05) is 24.3 Å². The second-order valence-corrected chi connectivity index (χ2v) is 24.1. The molecule has 3 saturated carbocycles. The number of benzene rings is 2. The van der Waals surface area contributed by atoms with E-state index in [1.807, 2.05) is 12.1 Å². The summed E-state index contributed by atoms with van der Waals surface area (Å²) in [6, 6.07) is 19.7. The van der Waals surface area contributed by atoms with Crippen molar-refractivity contribution in [2.75, 3.05) is 62.0 Å². The van der Waals surface area contributed by atoms with Crippen molar-refractivity contribution in [1.29, 1.82) is 0 Å². The Hall–Kier alpha value is -5.63. The number of H-pyrrole nitrogens is 1. The Kier molecular flexibility index (Phi) is 12.7. The molecule has 1 spiro atoms. The van der Waals surface area contributed by atoms with Gasteiger partial charge in [-0.2, -0.15) is 0 Å². The Morgan fingerprint density at radius 3 is 2.44 bits per heavy atom. The number of carbonyl (C=O) groups is 1. The lowest BCUT2D eigenvalue weighted by molar-refractivity contribution is -0.384. The molecule has 1 atom stereocenters. The first-order valence-electron chi connectivity index (χ1n) is 23.9. The highest BCUT2D eigenvalue weighted by molar-refractivity contribution is 7.92. The van der Waals surface area contributed by atoms with E-state index in [2.05, 4.69) is 68.7 Å². The van der Waals surface area contributed by atoms with Crippen molar-refractivity contribution in [3.63, 3.8) is 0 Å². The second kappa shape index (κ2) is 18.7. The summed E-state index contributed by atoms with van der Waals surface area (Å²) < 4.78 is 52.6. The van der Waals surface area contributed by atoms with Crippen molar-refractivity contribution < 1.29 is 27.1 Å². The number of amides is 1. The minimum absolute atomic E-state index is 0.0213. The van der Waals surface area contributed by atoms with Crippen LogP contribution < -0.4 is 25.0 Å². The van der Waals surface area contributed by atoms with Crippen LogP contribution in [0.15, 0.2) is 88.5 Å². The molecule has 360 valence electrons. The average Bonchev–Trinajstić information content (AvgIpc) is 4.06. The quantitative estimate of drug-likeness (QED) is 0.0619. The second-order valence-electron chi connectivity index (χ2n) is 19.9. The van der Waals surface area contributed by atoms with E-state index in [4.69, 9.17) is 4.74 Å². The van der Waals surface area contributed by atoms with Gasteiger partial charge in [-0.15, -0.1) is 0 Å². The Balaban J connectivity index is 0.822. The lowest BCUT2D eigenvalue weighted by Gasteiger charge is -2.57. The maximum atomic E-state index is 14.0. The summed E-state index contributed by atoms with van der Waals surface area (Å²) in [6.45, 7) is 5.08. The number of aromatic nitrogens is 3. The van der Waals surface area contributed by atoms with Gasteiger partial charge in [-0.25, -0.2) is 27.5 Å². The summed E-state index contributed by atoms with van der Waals surface area (Å²) in [6.07, 6.45) is 17.7. The highest BCUT2D eigenvalue weighted by atomic mass is 32.2. The Morgan fingerprint density at radius 1 is 0.941 bits per heavy atom. The van der Waals surface area contributed by atoms with E-state index in [1.165, 1.54) is 43.0 Å². The highest BCUT2D eigenvalue weighted by Crippen LogP contribution is 2.54. The van der Waals surface area contributed by atoms with Gasteiger partial charge >= 0.3 is 5.69 Å². The number of aromatic amines is 1. The van der Waals surface area contributed by atoms with Crippen LogP contribution in [0.4, 0.5) is 17.2 Å². The zero-order valence-corrected chi connectivity index (χ0v) is 40.2. The van der Waals surface area contributed by atoms with Crippen LogP contribution in [0.25, 0.3) is 11.0 Å². The normalized spacial score (nSPS) is 22.4. The van der Waals surface area contributed by atoms with E-state index < -0.39 is 41.2 Å². The monoisotopic (exact) mass is 964 g/mol. The zero-order valence-electron chi connectivity index (χ0n) is 38.6. The molecule has 19 heteroatoms. The summed E-state index contributed by atoms with van der Waals surface area (Å²) in [4.78, 5) is 41.7. The number of ether oxygens (including phenoxy) is 1. The first kappa shape index (κ1) is 46.1. The molecule has 10 rings (SSSR count). The molecule has 2 saturated heterocycles. The Bertz CT molecular complexity index is 2940. The maximum absolute atomic E-state index is 14.0. The number of nitrogens with one attached hydrogen (secondary N) is 4. The van der Waals surface area contributed by atoms with Crippen molar-refractivity contribution >= 4 is 53.9 Å². The van der Waals surface area contributed by atoms with Crippen molar-refractivity contribution in [3.05, 3.63) is 106 Å². The molecule has 5 aromatic rings. The van der Waals surface area contributed by atoms with Crippen molar-refractivity contribution in [3.8, 4) is 11.5 Å². The summed E-state index contributed by atoms with van der Waals surface area (Å²) in [5, 5.41) is 19.7. The molecule has 5 heterocycles. The number of nitro groups is 1. The van der Waals surface area contributed by atoms with E-state index in [0.29, 0.717) is 35.9 Å². The number of hydrogen-bond donors (Lipinski definition) is 4. The van der Waals surface area contributed by atoms with Gasteiger partial charge in [0, 0.05) is 103 Å². The van der Waals surface area contributed by atoms with Crippen LogP contribution in [-0.4, -0.2) is 107 Å². The molecule has 3 aliphatic carbocycles. The first-order chi connectivity index (χ1) is 32.7. The molecule has 2 aliphatic heterocycles. The van der Waals surface area contributed by atoms with Crippen LogP contribution in [0.3, 0.4) is 0 Å². The average molecular weight is 965 g/mol. The lowest BCUT2D eigenvalue weighted by Crippen LogP contribution is -2.59. The van der Waals surface area contributed by atoms with Crippen molar-refractivity contribution in [1.82, 2.24) is 29.9 Å². The first-order valence-corrected chi connectivity index (χ1v) is 27.7. The van der Waals surface area contributed by atoms with E-state index >= 15 is 0 Å². The number of hydrogen-bond acceptors (Lipinski definition) is 14. The van der Waals surface area contributed by atoms with Gasteiger partial charge < -0.3 is 25.3 Å². The number of piperazine rings is 1. The smallest absolute Gasteiger partial charge is 0.312 e. The van der Waals surface area contributed by atoms with Crippen molar-refractivity contribution in [2.45, 2.75) is 93.1 Å². The Morgan fingerprint density at radius 2 is 1.71 bits per heavy atom. The van der Waals surface area contributed by atoms with Crippen LogP contribution in [-0.2, 0) is 19.8 Å². The molecular formula is C49H60N10O7S2. The van der Waals surface area contributed by atoms with Gasteiger partial charge in [0.1, 0.15) is 22.0 Å². The molecule has 68 heavy (non-hydrogen) atoms. The number of sulfonamides is 1. The fraction of sp³-hybridized carbons (Fsp3) is 0.490. The van der Waals surface area contributed by atoms with Crippen LogP contribution in [0.1, 0.15) is 97.7 Å². The fourth-order valence-corrected chi connectivity index (χ4v) is 12.9. The van der Waals surface area contributed by atoms with Gasteiger partial charge in [0.15, 0.2) is 0 Å². The number of nitrogens with zero attached hydrogens (tertiary/aromatic N) is 6. The third-order valence-electron chi connectivity index (χ3n) is 14.8. The van der Waals surface area contributed by atoms with Gasteiger partial charge in [-0.05, 0) is 117 Å². The molecule has 5 aliphatic rings. The third kappa shape index (κ3) is 10.1. The number of fused-ring (bicyclic) bond motifs is 1. The number of piperidine rings is 1. The van der Waals surface area contributed by atoms with Gasteiger partial charge in [0.2, 0.25) is 5.82 Å². The molecule has 4 N–H and O–H groups in total. The number of rotatable bonds is 14. The highest BCUT2D eigenvalue weighted by Gasteiger charge is 2.50. The number of anilines is 2. The SMILES string of the molecule is CS(C)(=O)=NC1CCC(CNc2ncc(S(=O)(=O)NC(=O)c3ccc(N4CCC5(CC4)CC(N4CCNC[C@H]4c4ccccc4C4CC4)C5)cc3Oc3cnc4[nH]ccc4c3)cc2[N+](=O)[O-])CC1. The zero-order chi connectivity index (χ0) is 47.2.